The van der Waals surface area contributed by atoms with Crippen molar-refractivity contribution in [2.24, 2.45) is 0 Å². The average Bonchev–Trinajstić information content (AvgIpc) is 1.97. The molecule has 0 aliphatic heterocycles. The molecule has 0 aliphatic rings. The van der Waals surface area contributed by atoms with E-state index in [1.54, 1.807) is 0 Å². The fourth-order valence-electron chi connectivity index (χ4n) is 0.862. The van der Waals surface area contributed by atoms with E-state index in [1.165, 1.54) is 37.9 Å². The van der Waals surface area contributed by atoms with Crippen LogP contribution in [0.5, 0.6) is 0 Å². The van der Waals surface area contributed by atoms with Gasteiger partial charge in [0.05, 0.1) is 5.21 Å². The SMILES string of the molecule is CCCCCCCSCCl. The van der Waals surface area contributed by atoms with Crippen molar-refractivity contribution < 1.29 is 0 Å². The molecule has 0 unspecified atom stereocenters. The van der Waals surface area contributed by atoms with Crippen molar-refractivity contribution in [3.63, 3.8) is 0 Å². The molecule has 10 heavy (non-hydrogen) atoms. The van der Waals surface area contributed by atoms with E-state index in [0.29, 0.717) is 0 Å². The molecule has 62 valence electrons. The normalized spacial score (nSPS) is 10.2. The Hall–Kier alpha value is 0.640. The largest absolute Gasteiger partial charge is 0.146 e. The van der Waals surface area contributed by atoms with E-state index in [4.69, 9.17) is 11.6 Å². The van der Waals surface area contributed by atoms with Crippen molar-refractivity contribution in [2.45, 2.75) is 39.0 Å². The molecule has 0 amide bonds. The van der Waals surface area contributed by atoms with Crippen molar-refractivity contribution in [2.75, 3.05) is 11.0 Å². The first-order chi connectivity index (χ1) is 4.91. The molecule has 0 fully saturated rings. The van der Waals surface area contributed by atoms with Crippen LogP contribution in [0.15, 0.2) is 0 Å². The quantitative estimate of drug-likeness (QED) is 0.423. The minimum Gasteiger partial charge on any atom is -0.146 e. The summed E-state index contributed by atoms with van der Waals surface area (Å²) in [6.07, 6.45) is 6.86. The van der Waals surface area contributed by atoms with Crippen LogP contribution in [0.2, 0.25) is 0 Å². The average molecular weight is 181 g/mol. The van der Waals surface area contributed by atoms with Crippen LogP contribution in [0.4, 0.5) is 0 Å². The van der Waals surface area contributed by atoms with E-state index in [0.717, 1.165) is 5.21 Å². The smallest absolute Gasteiger partial charge is 0.0680 e. The second kappa shape index (κ2) is 9.64. The second-order valence-electron chi connectivity index (χ2n) is 2.43. The zero-order valence-electron chi connectivity index (χ0n) is 6.74. The standard InChI is InChI=1S/C8H17ClS/c1-2-3-4-5-6-7-10-8-9/h2-8H2,1H3. The van der Waals surface area contributed by atoms with E-state index < -0.39 is 0 Å². The van der Waals surface area contributed by atoms with Crippen LogP contribution in [0.25, 0.3) is 0 Å². The highest BCUT2D eigenvalue weighted by atomic mass is 35.5. The van der Waals surface area contributed by atoms with Crippen LogP contribution in [0.1, 0.15) is 39.0 Å². The van der Waals surface area contributed by atoms with Crippen molar-refractivity contribution in [1.82, 2.24) is 0 Å². The van der Waals surface area contributed by atoms with Crippen LogP contribution < -0.4 is 0 Å². The van der Waals surface area contributed by atoms with Crippen molar-refractivity contribution >= 4 is 23.4 Å². The highest BCUT2D eigenvalue weighted by Gasteiger charge is 1.88. The van der Waals surface area contributed by atoms with Crippen LogP contribution >= 0.6 is 23.4 Å². The molecule has 0 radical (unpaired) electrons. The van der Waals surface area contributed by atoms with Crippen LogP contribution in [-0.2, 0) is 0 Å². The van der Waals surface area contributed by atoms with Gasteiger partial charge in [-0.2, -0.15) is 0 Å². The van der Waals surface area contributed by atoms with Crippen molar-refractivity contribution in [3.8, 4) is 0 Å². The molecular weight excluding hydrogens is 164 g/mol. The molecule has 0 nitrogen and oxygen atoms in total. The summed E-state index contributed by atoms with van der Waals surface area (Å²) in [4.78, 5) is 0. The predicted molar refractivity (Wildman–Crippen MR) is 51.9 cm³/mol. The molecule has 0 spiro atoms. The molecule has 2 heteroatoms. The molecule has 0 aromatic heterocycles. The van der Waals surface area contributed by atoms with E-state index >= 15 is 0 Å². The lowest BCUT2D eigenvalue weighted by Gasteiger charge is -1.97. The molecule has 0 aromatic carbocycles. The summed E-state index contributed by atoms with van der Waals surface area (Å²) >= 11 is 7.34. The fourth-order valence-corrected chi connectivity index (χ4v) is 1.71. The van der Waals surface area contributed by atoms with Gasteiger partial charge in [0.1, 0.15) is 0 Å². The van der Waals surface area contributed by atoms with Gasteiger partial charge in [0.25, 0.3) is 0 Å². The summed E-state index contributed by atoms with van der Waals surface area (Å²) in [5.41, 5.74) is 0. The Morgan fingerprint density at radius 3 is 2.40 bits per heavy atom. The lowest BCUT2D eigenvalue weighted by atomic mass is 10.2. The Bertz CT molecular complexity index is 49.2. The third kappa shape index (κ3) is 8.64. The van der Waals surface area contributed by atoms with Gasteiger partial charge in [-0.25, -0.2) is 0 Å². The minimum atomic E-state index is 0.758. The minimum absolute atomic E-state index is 0.758. The Morgan fingerprint density at radius 2 is 1.80 bits per heavy atom. The maximum absolute atomic E-state index is 5.50. The highest BCUT2D eigenvalue weighted by Crippen LogP contribution is 2.09. The molecule has 0 saturated heterocycles. The molecule has 0 aliphatic carbocycles. The first-order valence-electron chi connectivity index (χ1n) is 4.05. The van der Waals surface area contributed by atoms with Gasteiger partial charge in [-0.1, -0.05) is 32.6 Å². The monoisotopic (exact) mass is 180 g/mol. The zero-order chi connectivity index (χ0) is 7.66. The third-order valence-corrected chi connectivity index (χ3v) is 2.66. The van der Waals surface area contributed by atoms with Crippen molar-refractivity contribution in [1.29, 1.82) is 0 Å². The molecule has 0 rings (SSSR count). The van der Waals surface area contributed by atoms with Crippen LogP contribution in [-0.4, -0.2) is 11.0 Å². The Kier molecular flexibility index (Phi) is 10.3. The molecule has 0 aromatic rings. The van der Waals surface area contributed by atoms with Gasteiger partial charge >= 0.3 is 0 Å². The third-order valence-electron chi connectivity index (χ3n) is 1.47. The summed E-state index contributed by atoms with van der Waals surface area (Å²) in [6, 6.07) is 0. The first kappa shape index (κ1) is 10.6. The highest BCUT2D eigenvalue weighted by molar-refractivity contribution is 8.00. The fraction of sp³-hybridized carbons (Fsp3) is 1.00. The van der Waals surface area contributed by atoms with Crippen LogP contribution in [0, 0.1) is 0 Å². The topological polar surface area (TPSA) is 0 Å². The van der Waals surface area contributed by atoms with Gasteiger partial charge in [-0.3, -0.25) is 0 Å². The number of thioether (sulfide) groups is 1. The summed E-state index contributed by atoms with van der Waals surface area (Å²) in [7, 11) is 0. The number of hydrogen-bond acceptors (Lipinski definition) is 1. The van der Waals surface area contributed by atoms with Crippen LogP contribution in [0.3, 0.4) is 0 Å². The molecule has 0 atom stereocenters. The van der Waals surface area contributed by atoms with Crippen molar-refractivity contribution in [3.05, 3.63) is 0 Å². The predicted octanol–water partition coefficient (Wildman–Crippen LogP) is 3.89. The lowest BCUT2D eigenvalue weighted by molar-refractivity contribution is 0.659. The lowest BCUT2D eigenvalue weighted by Crippen LogP contribution is -1.80. The van der Waals surface area contributed by atoms with E-state index in [-0.39, 0.29) is 0 Å². The number of alkyl halides is 1. The number of halogens is 1. The molecule has 0 saturated carbocycles. The first-order valence-corrected chi connectivity index (χ1v) is 5.74. The Balaban J connectivity index is 2.65. The number of rotatable bonds is 7. The number of hydrogen-bond donors (Lipinski definition) is 0. The zero-order valence-corrected chi connectivity index (χ0v) is 8.31. The van der Waals surface area contributed by atoms with Gasteiger partial charge in [0.15, 0.2) is 0 Å². The molecule has 0 heterocycles. The van der Waals surface area contributed by atoms with Gasteiger partial charge in [-0.05, 0) is 12.2 Å². The summed E-state index contributed by atoms with van der Waals surface area (Å²) in [5, 5.41) is 0.758. The second-order valence-corrected chi connectivity index (χ2v) is 4.12. The molecule has 0 N–H and O–H groups in total. The maximum Gasteiger partial charge on any atom is 0.0680 e. The molecular formula is C8H17ClS. The Morgan fingerprint density at radius 1 is 1.10 bits per heavy atom. The van der Waals surface area contributed by atoms with Gasteiger partial charge in [-0.15, -0.1) is 23.4 Å². The van der Waals surface area contributed by atoms with Gasteiger partial charge in [0.2, 0.25) is 0 Å². The van der Waals surface area contributed by atoms with E-state index in [2.05, 4.69) is 6.92 Å². The number of unbranched alkanes of at least 4 members (excludes halogenated alkanes) is 4. The molecule has 0 bridgehead atoms. The van der Waals surface area contributed by atoms with Gasteiger partial charge in [0, 0.05) is 0 Å². The van der Waals surface area contributed by atoms with Gasteiger partial charge < -0.3 is 0 Å². The Labute approximate surface area is 73.7 Å². The summed E-state index contributed by atoms with van der Waals surface area (Å²) in [5.74, 6) is 1.24. The summed E-state index contributed by atoms with van der Waals surface area (Å²) < 4.78 is 0. The maximum atomic E-state index is 5.50. The van der Waals surface area contributed by atoms with E-state index in [1.807, 2.05) is 11.8 Å². The summed E-state index contributed by atoms with van der Waals surface area (Å²) in [6.45, 7) is 2.24. The van der Waals surface area contributed by atoms with E-state index in [9.17, 15) is 0 Å².